The van der Waals surface area contributed by atoms with Gasteiger partial charge in [0.25, 0.3) is 0 Å². The van der Waals surface area contributed by atoms with E-state index in [-0.39, 0.29) is 30.6 Å². The molecule has 0 spiro atoms. The average Bonchev–Trinajstić information content (AvgIpc) is 3.09. The van der Waals surface area contributed by atoms with E-state index >= 15 is 0 Å². The molecule has 0 amide bonds. The van der Waals surface area contributed by atoms with E-state index < -0.39 is 11.5 Å². The minimum atomic E-state index is -1.15. The molecule has 2 rings (SSSR count). The Morgan fingerprint density at radius 3 is 2.50 bits per heavy atom. The smallest absolute Gasteiger partial charge is 0.337 e. The lowest BCUT2D eigenvalue weighted by Gasteiger charge is -2.13. The second-order valence-electron chi connectivity index (χ2n) is 6.08. The molecule has 1 aliphatic heterocycles. The number of ether oxygens (including phenoxy) is 6. The number of carbonyl (C=O) groups excluding carboxylic acids is 1. The summed E-state index contributed by atoms with van der Waals surface area (Å²) < 4.78 is 31.1. The van der Waals surface area contributed by atoms with Crippen molar-refractivity contribution in [1.82, 2.24) is 4.98 Å². The van der Waals surface area contributed by atoms with E-state index in [0.29, 0.717) is 38.8 Å². The molecule has 0 fully saturated rings. The largest absolute Gasteiger partial charge is 0.505 e. The van der Waals surface area contributed by atoms with Crippen molar-refractivity contribution in [2.45, 2.75) is 12.5 Å². The van der Waals surface area contributed by atoms with Crippen molar-refractivity contribution in [3.05, 3.63) is 18.0 Å². The summed E-state index contributed by atoms with van der Waals surface area (Å²) in [6.07, 6.45) is 1.43. The summed E-state index contributed by atoms with van der Waals surface area (Å²) in [5.74, 6) is -0.242. The van der Waals surface area contributed by atoms with Crippen LogP contribution in [0.1, 0.15) is 12.6 Å². The van der Waals surface area contributed by atoms with Crippen LogP contribution in [0.5, 0.6) is 11.5 Å². The number of pyridine rings is 1. The van der Waals surface area contributed by atoms with Crippen molar-refractivity contribution in [2.24, 2.45) is 4.99 Å². The van der Waals surface area contributed by atoms with Gasteiger partial charge in [-0.2, -0.15) is 0 Å². The molecule has 0 saturated carbocycles. The van der Waals surface area contributed by atoms with Crippen molar-refractivity contribution >= 4 is 11.9 Å². The SMILES string of the molecule is COCCOCCOCCOc1cnc(C2=N[C@@](C)(C(=O)OC)CO2)c(O)c1. The third-order valence-corrected chi connectivity index (χ3v) is 3.81. The van der Waals surface area contributed by atoms with E-state index in [2.05, 4.69) is 9.98 Å². The maximum atomic E-state index is 11.8. The number of esters is 1. The fourth-order valence-electron chi connectivity index (χ4n) is 2.30. The van der Waals surface area contributed by atoms with E-state index in [1.807, 2.05) is 0 Å². The maximum Gasteiger partial charge on any atom is 0.337 e. The zero-order chi connectivity index (χ0) is 20.4. The molecule has 0 aromatic carbocycles. The minimum absolute atomic E-state index is 0.0148. The summed E-state index contributed by atoms with van der Waals surface area (Å²) in [7, 11) is 2.89. The van der Waals surface area contributed by atoms with Gasteiger partial charge in [0.2, 0.25) is 5.90 Å². The van der Waals surface area contributed by atoms with Gasteiger partial charge in [-0.25, -0.2) is 14.8 Å². The molecule has 0 saturated heterocycles. The Labute approximate surface area is 163 Å². The Balaban J connectivity index is 1.78. The molecule has 10 nitrogen and oxygen atoms in total. The number of aliphatic imine (C=N–C) groups is 1. The lowest BCUT2D eigenvalue weighted by atomic mass is 10.1. The van der Waals surface area contributed by atoms with Gasteiger partial charge in [-0.1, -0.05) is 0 Å². The summed E-state index contributed by atoms with van der Waals surface area (Å²) in [5, 5.41) is 10.2. The number of aromatic nitrogens is 1. The maximum absolute atomic E-state index is 11.8. The second kappa shape index (κ2) is 10.8. The molecule has 1 aromatic rings. The molecular formula is C18H26N2O8. The van der Waals surface area contributed by atoms with Gasteiger partial charge in [-0.05, 0) is 6.92 Å². The summed E-state index contributed by atoms with van der Waals surface area (Å²) >= 11 is 0. The molecule has 1 aromatic heterocycles. The molecule has 1 aliphatic rings. The van der Waals surface area contributed by atoms with Crippen LogP contribution in [0.4, 0.5) is 0 Å². The Morgan fingerprint density at radius 1 is 1.18 bits per heavy atom. The molecule has 1 atom stereocenters. The normalized spacial score (nSPS) is 18.5. The number of rotatable bonds is 12. The summed E-state index contributed by atoms with van der Waals surface area (Å²) in [6, 6.07) is 1.40. The van der Waals surface area contributed by atoms with Crippen molar-refractivity contribution in [1.29, 1.82) is 0 Å². The quantitative estimate of drug-likeness (QED) is 0.398. The van der Waals surface area contributed by atoms with Crippen LogP contribution < -0.4 is 4.74 Å². The first-order valence-electron chi connectivity index (χ1n) is 8.78. The third-order valence-electron chi connectivity index (χ3n) is 3.81. The molecule has 1 N–H and O–H groups in total. The summed E-state index contributed by atoms with van der Waals surface area (Å²) in [5.41, 5.74) is -1.03. The van der Waals surface area contributed by atoms with Gasteiger partial charge >= 0.3 is 5.97 Å². The van der Waals surface area contributed by atoms with Crippen LogP contribution in [-0.4, -0.2) is 88.0 Å². The molecule has 10 heteroatoms. The molecule has 0 bridgehead atoms. The van der Waals surface area contributed by atoms with E-state index in [4.69, 9.17) is 28.4 Å². The van der Waals surface area contributed by atoms with Crippen LogP contribution >= 0.6 is 0 Å². The van der Waals surface area contributed by atoms with Gasteiger partial charge in [-0.3, -0.25) is 0 Å². The standard InChI is InChI=1S/C18H26N2O8/c1-18(17(22)24-3)12-28-16(20-18)15-14(21)10-13(11-19-15)27-9-8-26-7-6-25-5-4-23-2/h10-11,21H,4-9,12H2,1-3H3/t18-/m1/s1. The first-order valence-corrected chi connectivity index (χ1v) is 8.78. The lowest BCUT2D eigenvalue weighted by Crippen LogP contribution is -2.35. The average molecular weight is 398 g/mol. The first kappa shape index (κ1) is 21.9. The number of hydrogen-bond donors (Lipinski definition) is 1. The predicted octanol–water partition coefficient (Wildman–Crippen LogP) is 0.554. The highest BCUT2D eigenvalue weighted by Crippen LogP contribution is 2.27. The highest BCUT2D eigenvalue weighted by molar-refractivity contribution is 5.99. The molecule has 0 aliphatic carbocycles. The second-order valence-corrected chi connectivity index (χ2v) is 6.08. The predicted molar refractivity (Wildman–Crippen MR) is 97.8 cm³/mol. The van der Waals surface area contributed by atoms with Crippen molar-refractivity contribution in [3.8, 4) is 11.5 Å². The number of carbonyl (C=O) groups is 1. The van der Waals surface area contributed by atoms with Gasteiger partial charge < -0.3 is 33.5 Å². The monoisotopic (exact) mass is 398 g/mol. The minimum Gasteiger partial charge on any atom is -0.505 e. The van der Waals surface area contributed by atoms with E-state index in [1.54, 1.807) is 14.0 Å². The van der Waals surface area contributed by atoms with Gasteiger partial charge in [0.15, 0.2) is 17.0 Å². The zero-order valence-corrected chi connectivity index (χ0v) is 16.3. The number of hydrogen-bond acceptors (Lipinski definition) is 10. The molecular weight excluding hydrogens is 372 g/mol. The van der Waals surface area contributed by atoms with E-state index in [9.17, 15) is 9.90 Å². The molecule has 156 valence electrons. The fourth-order valence-corrected chi connectivity index (χ4v) is 2.30. The Kier molecular flexibility index (Phi) is 8.42. The number of aromatic hydroxyl groups is 1. The zero-order valence-electron chi connectivity index (χ0n) is 16.3. The van der Waals surface area contributed by atoms with Crippen molar-refractivity contribution in [3.63, 3.8) is 0 Å². The molecule has 0 unspecified atom stereocenters. The van der Waals surface area contributed by atoms with E-state index in [1.165, 1.54) is 19.4 Å². The highest BCUT2D eigenvalue weighted by Gasteiger charge is 2.41. The lowest BCUT2D eigenvalue weighted by molar-refractivity contribution is -0.146. The third kappa shape index (κ3) is 6.04. The van der Waals surface area contributed by atoms with Crippen LogP contribution in [0.25, 0.3) is 0 Å². The number of methoxy groups -OCH3 is 2. The Bertz CT molecular complexity index is 682. The Morgan fingerprint density at radius 2 is 1.86 bits per heavy atom. The summed E-state index contributed by atoms with van der Waals surface area (Å²) in [4.78, 5) is 20.1. The molecule has 28 heavy (non-hydrogen) atoms. The topological polar surface area (TPSA) is 118 Å². The van der Waals surface area contributed by atoms with Crippen LogP contribution in [0, 0.1) is 0 Å². The van der Waals surface area contributed by atoms with Gasteiger partial charge in [0, 0.05) is 13.2 Å². The fraction of sp³-hybridized carbons (Fsp3) is 0.611. The first-order chi connectivity index (χ1) is 13.5. The van der Waals surface area contributed by atoms with E-state index in [0.717, 1.165) is 0 Å². The van der Waals surface area contributed by atoms with Crippen molar-refractivity contribution < 1.29 is 38.3 Å². The van der Waals surface area contributed by atoms with Crippen molar-refractivity contribution in [2.75, 3.05) is 60.5 Å². The van der Waals surface area contributed by atoms with Crippen LogP contribution in [0.15, 0.2) is 17.3 Å². The molecule has 2 heterocycles. The Hall–Kier alpha value is -2.43. The van der Waals surface area contributed by atoms with Gasteiger partial charge in [0.1, 0.15) is 19.0 Å². The van der Waals surface area contributed by atoms with Gasteiger partial charge in [-0.15, -0.1) is 0 Å². The number of nitrogens with zero attached hydrogens (tertiary/aromatic N) is 2. The van der Waals surface area contributed by atoms with Crippen LogP contribution in [0.3, 0.4) is 0 Å². The van der Waals surface area contributed by atoms with Gasteiger partial charge in [0.05, 0.1) is 46.3 Å². The highest BCUT2D eigenvalue weighted by atomic mass is 16.6. The van der Waals surface area contributed by atoms with Crippen LogP contribution in [0.2, 0.25) is 0 Å². The van der Waals surface area contributed by atoms with Crippen LogP contribution in [-0.2, 0) is 28.5 Å². The summed E-state index contributed by atoms with van der Waals surface area (Å²) in [6.45, 7) is 4.26. The molecule has 0 radical (unpaired) electrons.